The van der Waals surface area contributed by atoms with E-state index in [-0.39, 0.29) is 5.54 Å². The molecule has 3 rings (SSSR count). The van der Waals surface area contributed by atoms with Gasteiger partial charge in [0.2, 0.25) is 11.5 Å². The summed E-state index contributed by atoms with van der Waals surface area (Å²) in [6.07, 6.45) is 0. The van der Waals surface area contributed by atoms with Gasteiger partial charge in [0.05, 0.1) is 5.54 Å². The molecule has 5 heteroatoms. The topological polar surface area (TPSA) is 39.7 Å². The molecule has 0 amide bonds. The van der Waals surface area contributed by atoms with Gasteiger partial charge in [-0.05, 0) is 26.0 Å². The average molecular weight is 226 g/mol. The van der Waals surface area contributed by atoms with Crippen molar-refractivity contribution in [1.82, 2.24) is 5.09 Å². The van der Waals surface area contributed by atoms with Crippen molar-refractivity contribution in [1.29, 1.82) is 0 Å². The van der Waals surface area contributed by atoms with E-state index < -0.39 is 8.09 Å². The fourth-order valence-corrected chi connectivity index (χ4v) is 4.08. The van der Waals surface area contributed by atoms with Crippen LogP contribution in [-0.4, -0.2) is 12.1 Å². The predicted octanol–water partition coefficient (Wildman–Crippen LogP) is 2.53. The highest BCUT2D eigenvalue weighted by atomic mass is 31.2. The van der Waals surface area contributed by atoms with Crippen LogP contribution in [0.5, 0.6) is 11.5 Å². The molecule has 2 aliphatic heterocycles. The Labute approximate surface area is 89.2 Å². The summed E-state index contributed by atoms with van der Waals surface area (Å²) in [5.74, 6) is 1.52. The van der Waals surface area contributed by atoms with E-state index in [4.69, 9.17) is 13.6 Å². The molecule has 0 radical (unpaired) electrons. The van der Waals surface area contributed by atoms with Crippen LogP contribution >= 0.6 is 8.09 Å². The van der Waals surface area contributed by atoms with Gasteiger partial charge in [0.15, 0.2) is 0 Å². The standard InChI is InChI=1S/C10H13NO3P/c1-10(2)7-12-15(11-10)13-8-5-3-4-6-9(8)14-15/h3-6,11H,7H2,1-2H3/q+1. The zero-order valence-electron chi connectivity index (χ0n) is 8.69. The first kappa shape index (κ1) is 9.40. The zero-order valence-corrected chi connectivity index (χ0v) is 9.58. The highest BCUT2D eigenvalue weighted by Crippen LogP contribution is 2.68. The monoisotopic (exact) mass is 226 g/mol. The third kappa shape index (κ3) is 1.49. The summed E-state index contributed by atoms with van der Waals surface area (Å²) < 4.78 is 17.1. The van der Waals surface area contributed by atoms with Crippen molar-refractivity contribution in [3.8, 4) is 11.5 Å². The minimum Gasteiger partial charge on any atom is -0.259 e. The van der Waals surface area contributed by atoms with Crippen LogP contribution in [0.25, 0.3) is 0 Å². The van der Waals surface area contributed by atoms with E-state index in [9.17, 15) is 0 Å². The largest absolute Gasteiger partial charge is 0.593 e. The van der Waals surface area contributed by atoms with Gasteiger partial charge in [0.1, 0.15) is 6.61 Å². The third-order valence-corrected chi connectivity index (χ3v) is 4.54. The molecule has 1 saturated heterocycles. The lowest BCUT2D eigenvalue weighted by Gasteiger charge is -2.12. The first-order valence-corrected chi connectivity index (χ1v) is 6.44. The van der Waals surface area contributed by atoms with Gasteiger partial charge in [-0.25, -0.2) is 0 Å². The molecule has 15 heavy (non-hydrogen) atoms. The fourth-order valence-electron chi connectivity index (χ4n) is 1.66. The molecule has 0 atom stereocenters. The van der Waals surface area contributed by atoms with Crippen LogP contribution in [0.2, 0.25) is 0 Å². The molecular weight excluding hydrogens is 213 g/mol. The second-order valence-corrected chi connectivity index (χ2v) is 6.24. The highest BCUT2D eigenvalue weighted by molar-refractivity contribution is 7.61. The van der Waals surface area contributed by atoms with Crippen molar-refractivity contribution in [2.24, 2.45) is 0 Å². The van der Waals surface area contributed by atoms with Crippen molar-refractivity contribution in [3.05, 3.63) is 24.3 Å². The Balaban J connectivity index is 1.90. The Hall–Kier alpha value is -0.830. The Morgan fingerprint density at radius 1 is 1.20 bits per heavy atom. The molecule has 4 nitrogen and oxygen atoms in total. The van der Waals surface area contributed by atoms with E-state index in [0.29, 0.717) is 6.61 Å². The molecule has 1 fully saturated rings. The van der Waals surface area contributed by atoms with Crippen molar-refractivity contribution >= 4 is 8.09 Å². The summed E-state index contributed by atoms with van der Waals surface area (Å²) in [4.78, 5) is 0. The maximum atomic E-state index is 5.75. The molecule has 2 aliphatic rings. The highest BCUT2D eigenvalue weighted by Gasteiger charge is 2.63. The molecule has 0 aromatic heterocycles. The molecule has 1 aromatic carbocycles. The van der Waals surface area contributed by atoms with Crippen LogP contribution < -0.4 is 14.1 Å². The van der Waals surface area contributed by atoms with E-state index in [2.05, 4.69) is 18.9 Å². The Kier molecular flexibility index (Phi) is 1.78. The number of hydrogen-bond donors (Lipinski definition) is 1. The number of fused-ring (bicyclic) bond motifs is 1. The smallest absolute Gasteiger partial charge is 0.259 e. The number of para-hydroxylation sites is 2. The minimum atomic E-state index is -2.35. The van der Waals surface area contributed by atoms with Crippen molar-refractivity contribution in [3.63, 3.8) is 0 Å². The molecule has 0 bridgehead atoms. The first-order chi connectivity index (χ1) is 7.09. The number of nitrogens with one attached hydrogen (secondary N) is 1. The molecule has 0 unspecified atom stereocenters. The molecule has 1 aromatic rings. The summed E-state index contributed by atoms with van der Waals surface area (Å²) in [5.41, 5.74) is -0.0875. The molecular formula is C10H13NO3P+. The van der Waals surface area contributed by atoms with E-state index in [1.54, 1.807) is 0 Å². The first-order valence-electron chi connectivity index (χ1n) is 4.90. The van der Waals surface area contributed by atoms with Crippen LogP contribution in [0.3, 0.4) is 0 Å². The van der Waals surface area contributed by atoms with Gasteiger partial charge < -0.3 is 0 Å². The number of hydrogen-bond acceptors (Lipinski definition) is 4. The van der Waals surface area contributed by atoms with Crippen molar-refractivity contribution in [2.75, 3.05) is 6.61 Å². The maximum absolute atomic E-state index is 5.75. The van der Waals surface area contributed by atoms with E-state index in [1.165, 1.54) is 0 Å². The van der Waals surface area contributed by atoms with Crippen LogP contribution in [0.1, 0.15) is 13.8 Å². The van der Waals surface area contributed by atoms with Crippen LogP contribution in [0.4, 0.5) is 0 Å². The molecule has 2 heterocycles. The minimum absolute atomic E-state index is 0.0875. The van der Waals surface area contributed by atoms with Crippen LogP contribution in [0.15, 0.2) is 24.3 Å². The van der Waals surface area contributed by atoms with Gasteiger partial charge in [-0.15, -0.1) is 4.52 Å². The summed E-state index contributed by atoms with van der Waals surface area (Å²) in [6.45, 7) is 4.74. The van der Waals surface area contributed by atoms with Crippen molar-refractivity contribution in [2.45, 2.75) is 19.4 Å². The zero-order chi connectivity index (χ0) is 10.5. The SMILES string of the molecule is CC1(C)CO[P+]2(N1)Oc1ccccc1O2. The van der Waals surface area contributed by atoms with E-state index in [1.807, 2.05) is 24.3 Å². The molecule has 0 saturated carbocycles. The van der Waals surface area contributed by atoms with Gasteiger partial charge in [-0.3, -0.25) is 9.05 Å². The Bertz CT molecular complexity index is 382. The maximum Gasteiger partial charge on any atom is 0.593 e. The lowest BCUT2D eigenvalue weighted by atomic mass is 10.1. The van der Waals surface area contributed by atoms with Crippen LogP contribution in [0, 0.1) is 0 Å². The number of benzene rings is 1. The number of rotatable bonds is 0. The summed E-state index contributed by atoms with van der Waals surface area (Å²) in [5, 5.41) is 3.30. The van der Waals surface area contributed by atoms with E-state index >= 15 is 0 Å². The summed E-state index contributed by atoms with van der Waals surface area (Å²) in [7, 11) is -2.35. The van der Waals surface area contributed by atoms with E-state index in [0.717, 1.165) is 11.5 Å². The molecule has 0 aliphatic carbocycles. The molecule has 80 valence electrons. The summed E-state index contributed by atoms with van der Waals surface area (Å²) in [6, 6.07) is 7.62. The second-order valence-electron chi connectivity index (χ2n) is 4.40. The van der Waals surface area contributed by atoms with Gasteiger partial charge in [-0.1, -0.05) is 17.2 Å². The Morgan fingerprint density at radius 3 is 2.27 bits per heavy atom. The summed E-state index contributed by atoms with van der Waals surface area (Å²) >= 11 is 0. The molecule has 1 spiro atoms. The second kappa shape index (κ2) is 2.85. The average Bonchev–Trinajstić information content (AvgIpc) is 2.66. The lowest BCUT2D eigenvalue weighted by molar-refractivity contribution is 0.267. The molecule has 1 N–H and O–H groups in total. The van der Waals surface area contributed by atoms with Crippen molar-refractivity contribution < 1.29 is 13.6 Å². The predicted molar refractivity (Wildman–Crippen MR) is 57.8 cm³/mol. The van der Waals surface area contributed by atoms with Crippen LogP contribution in [-0.2, 0) is 4.52 Å². The van der Waals surface area contributed by atoms with Gasteiger partial charge >= 0.3 is 8.09 Å². The normalized spacial score (nSPS) is 24.7. The third-order valence-electron chi connectivity index (χ3n) is 2.32. The Morgan fingerprint density at radius 2 is 1.80 bits per heavy atom. The quantitative estimate of drug-likeness (QED) is 0.690. The van der Waals surface area contributed by atoms with Gasteiger partial charge in [0.25, 0.3) is 0 Å². The van der Waals surface area contributed by atoms with Gasteiger partial charge in [-0.2, -0.15) is 0 Å². The lowest BCUT2D eigenvalue weighted by Crippen LogP contribution is -2.35. The van der Waals surface area contributed by atoms with Gasteiger partial charge in [0, 0.05) is 0 Å². The fraction of sp³-hybridized carbons (Fsp3) is 0.400.